The molecule has 0 spiro atoms. The highest BCUT2D eigenvalue weighted by Crippen LogP contribution is 2.12. The molecule has 3 nitrogen and oxygen atoms in total. The maximum absolute atomic E-state index is 11.3. The van der Waals surface area contributed by atoms with Crippen LogP contribution in [0.1, 0.15) is 11.1 Å². The molecule has 0 saturated carbocycles. The molecule has 0 saturated heterocycles. The lowest BCUT2D eigenvalue weighted by molar-refractivity contribution is -0.696. The molecule has 14 heavy (non-hydrogen) atoms. The van der Waals surface area contributed by atoms with Gasteiger partial charge in [-0.15, -0.1) is 0 Å². The second-order valence-electron chi connectivity index (χ2n) is 3.54. The monoisotopic (exact) mass is 192 g/mol. The first-order valence-corrected chi connectivity index (χ1v) is 4.79. The molecule has 3 heteroatoms. The van der Waals surface area contributed by atoms with Crippen molar-refractivity contribution in [2.45, 2.75) is 19.0 Å². The van der Waals surface area contributed by atoms with Crippen molar-refractivity contribution >= 4 is 5.97 Å². The third-order valence-corrected chi connectivity index (χ3v) is 2.68. The molecule has 1 aliphatic heterocycles. The summed E-state index contributed by atoms with van der Waals surface area (Å²) in [5.74, 6) is -0.125. The highest BCUT2D eigenvalue weighted by molar-refractivity contribution is 5.74. The average molecular weight is 192 g/mol. The predicted molar refractivity (Wildman–Crippen MR) is 51.6 cm³/mol. The third kappa shape index (κ3) is 1.63. The van der Waals surface area contributed by atoms with Crippen LogP contribution >= 0.6 is 0 Å². The van der Waals surface area contributed by atoms with Crippen molar-refractivity contribution in [3.63, 3.8) is 0 Å². The number of carbonyl (C=O) groups is 1. The summed E-state index contributed by atoms with van der Waals surface area (Å²) in [6.45, 7) is 0.871. The average Bonchev–Trinajstić information content (AvgIpc) is 2.27. The van der Waals surface area contributed by atoms with E-state index in [1.165, 1.54) is 18.2 Å². The van der Waals surface area contributed by atoms with Gasteiger partial charge in [0.15, 0.2) is 6.04 Å². The van der Waals surface area contributed by atoms with Gasteiger partial charge in [-0.3, -0.25) is 0 Å². The summed E-state index contributed by atoms with van der Waals surface area (Å²) >= 11 is 0. The maximum atomic E-state index is 11.3. The zero-order chi connectivity index (χ0) is 9.97. The molecule has 0 unspecified atom stereocenters. The Morgan fingerprint density at radius 3 is 2.86 bits per heavy atom. The van der Waals surface area contributed by atoms with Crippen LogP contribution in [-0.4, -0.2) is 19.1 Å². The van der Waals surface area contributed by atoms with Crippen LogP contribution in [0, 0.1) is 0 Å². The Labute approximate surface area is 83.1 Å². The Balaban J connectivity index is 2.17. The van der Waals surface area contributed by atoms with E-state index >= 15 is 0 Å². The fraction of sp³-hybridized carbons (Fsp3) is 0.364. The van der Waals surface area contributed by atoms with Crippen molar-refractivity contribution in [3.05, 3.63) is 35.4 Å². The molecule has 2 N–H and O–H groups in total. The van der Waals surface area contributed by atoms with Crippen LogP contribution in [0.25, 0.3) is 0 Å². The highest BCUT2D eigenvalue weighted by atomic mass is 16.5. The molecule has 2 rings (SSSR count). The number of esters is 1. The summed E-state index contributed by atoms with van der Waals surface area (Å²) in [5.41, 5.74) is 2.60. The number of hydrogen-bond donors (Lipinski definition) is 1. The van der Waals surface area contributed by atoms with E-state index in [1.807, 2.05) is 17.4 Å². The fourth-order valence-electron chi connectivity index (χ4n) is 1.88. The highest BCUT2D eigenvalue weighted by Gasteiger charge is 2.27. The number of ether oxygens (including phenoxy) is 1. The Bertz CT molecular complexity index is 349. The van der Waals surface area contributed by atoms with E-state index in [1.54, 1.807) is 0 Å². The van der Waals surface area contributed by atoms with E-state index in [0.29, 0.717) is 0 Å². The van der Waals surface area contributed by atoms with Crippen LogP contribution in [0.3, 0.4) is 0 Å². The van der Waals surface area contributed by atoms with Gasteiger partial charge in [0.2, 0.25) is 0 Å². The van der Waals surface area contributed by atoms with Gasteiger partial charge in [-0.2, -0.15) is 0 Å². The van der Waals surface area contributed by atoms with Gasteiger partial charge in [0.25, 0.3) is 0 Å². The lowest BCUT2D eigenvalue weighted by Crippen LogP contribution is -2.92. The van der Waals surface area contributed by atoms with Gasteiger partial charge in [-0.1, -0.05) is 24.3 Å². The number of hydrogen-bond acceptors (Lipinski definition) is 2. The van der Waals surface area contributed by atoms with Gasteiger partial charge >= 0.3 is 5.97 Å². The standard InChI is InChI=1S/C11H13NO2/c1-14-11(13)10-6-8-4-2-3-5-9(8)7-12-10/h2-5,10,12H,6-7H2,1H3/p+1/t10-/m0/s1. The minimum absolute atomic E-state index is 0.0603. The Morgan fingerprint density at radius 1 is 1.43 bits per heavy atom. The van der Waals surface area contributed by atoms with Crippen LogP contribution in [0.5, 0.6) is 0 Å². The van der Waals surface area contributed by atoms with Gasteiger partial charge < -0.3 is 10.1 Å². The summed E-state index contributed by atoms with van der Waals surface area (Å²) < 4.78 is 4.73. The summed E-state index contributed by atoms with van der Waals surface area (Å²) in [6, 6.07) is 8.18. The number of nitrogens with two attached hydrogens (primary N) is 1. The molecule has 1 aliphatic rings. The lowest BCUT2D eigenvalue weighted by Gasteiger charge is -2.20. The molecule has 0 aromatic heterocycles. The molecule has 0 amide bonds. The van der Waals surface area contributed by atoms with Gasteiger partial charge in [-0.05, 0) is 5.56 Å². The van der Waals surface area contributed by atoms with Crippen molar-refractivity contribution in [1.29, 1.82) is 0 Å². The van der Waals surface area contributed by atoms with Gasteiger partial charge in [-0.25, -0.2) is 4.79 Å². The Hall–Kier alpha value is -1.35. The van der Waals surface area contributed by atoms with Crippen LogP contribution in [-0.2, 0) is 22.5 Å². The second kappa shape index (κ2) is 3.80. The van der Waals surface area contributed by atoms with Crippen molar-refractivity contribution < 1.29 is 14.8 Å². The maximum Gasteiger partial charge on any atom is 0.364 e. The number of quaternary nitrogens is 1. The van der Waals surface area contributed by atoms with Crippen LogP contribution in [0.4, 0.5) is 0 Å². The predicted octanol–water partition coefficient (Wildman–Crippen LogP) is -0.152. The Kier molecular flexibility index (Phi) is 2.50. The largest absolute Gasteiger partial charge is 0.465 e. The van der Waals surface area contributed by atoms with Gasteiger partial charge in [0.05, 0.1) is 7.11 Å². The Morgan fingerprint density at radius 2 is 2.14 bits per heavy atom. The molecule has 0 aliphatic carbocycles. The molecular weight excluding hydrogens is 178 g/mol. The molecule has 1 aromatic rings. The van der Waals surface area contributed by atoms with Gasteiger partial charge in [0.1, 0.15) is 6.54 Å². The third-order valence-electron chi connectivity index (χ3n) is 2.68. The molecular formula is C11H14NO2+. The van der Waals surface area contributed by atoms with E-state index in [9.17, 15) is 4.79 Å². The lowest BCUT2D eigenvalue weighted by atomic mass is 9.96. The van der Waals surface area contributed by atoms with Crippen LogP contribution in [0.2, 0.25) is 0 Å². The first kappa shape index (κ1) is 9.21. The van der Waals surface area contributed by atoms with E-state index < -0.39 is 0 Å². The molecule has 74 valence electrons. The number of benzene rings is 1. The van der Waals surface area contributed by atoms with Crippen LogP contribution in [0.15, 0.2) is 24.3 Å². The molecule has 0 fully saturated rings. The van der Waals surface area contributed by atoms with Crippen molar-refractivity contribution in [2.75, 3.05) is 7.11 Å². The molecule has 1 heterocycles. The normalized spacial score (nSPS) is 19.9. The zero-order valence-corrected chi connectivity index (χ0v) is 8.19. The minimum Gasteiger partial charge on any atom is -0.465 e. The summed E-state index contributed by atoms with van der Waals surface area (Å²) in [4.78, 5) is 11.3. The van der Waals surface area contributed by atoms with E-state index in [2.05, 4.69) is 12.1 Å². The van der Waals surface area contributed by atoms with Crippen molar-refractivity contribution in [3.8, 4) is 0 Å². The summed E-state index contributed by atoms with van der Waals surface area (Å²) in [5, 5.41) is 2.04. The van der Waals surface area contributed by atoms with Crippen molar-refractivity contribution in [1.82, 2.24) is 0 Å². The summed E-state index contributed by atoms with van der Waals surface area (Å²) in [6.07, 6.45) is 0.781. The summed E-state index contributed by atoms with van der Waals surface area (Å²) in [7, 11) is 1.44. The first-order chi connectivity index (χ1) is 6.81. The number of carbonyl (C=O) groups excluding carboxylic acids is 1. The zero-order valence-electron chi connectivity index (χ0n) is 8.19. The minimum atomic E-state index is -0.125. The quantitative estimate of drug-likeness (QED) is 0.629. The van der Waals surface area contributed by atoms with E-state index in [0.717, 1.165) is 13.0 Å². The molecule has 1 atom stereocenters. The first-order valence-electron chi connectivity index (χ1n) is 4.79. The van der Waals surface area contributed by atoms with E-state index in [4.69, 9.17) is 4.74 Å². The molecule has 0 bridgehead atoms. The topological polar surface area (TPSA) is 42.9 Å². The molecule has 1 aromatic carbocycles. The van der Waals surface area contributed by atoms with Crippen molar-refractivity contribution in [2.24, 2.45) is 0 Å². The number of rotatable bonds is 1. The number of fused-ring (bicyclic) bond motifs is 1. The molecule has 0 radical (unpaired) electrons. The van der Waals surface area contributed by atoms with Crippen LogP contribution < -0.4 is 5.32 Å². The smallest absolute Gasteiger partial charge is 0.364 e. The SMILES string of the molecule is COC(=O)[C@@H]1Cc2ccccc2C[NH2+]1. The van der Waals surface area contributed by atoms with E-state index in [-0.39, 0.29) is 12.0 Å². The fourth-order valence-corrected chi connectivity index (χ4v) is 1.88. The number of methoxy groups -OCH3 is 1. The second-order valence-corrected chi connectivity index (χ2v) is 3.54. The van der Waals surface area contributed by atoms with Gasteiger partial charge in [0, 0.05) is 12.0 Å².